The van der Waals surface area contributed by atoms with Crippen LogP contribution < -0.4 is 20.1 Å². The molecule has 0 radical (unpaired) electrons. The lowest BCUT2D eigenvalue weighted by Gasteiger charge is -2.31. The quantitative estimate of drug-likeness (QED) is 0.0605. The SMILES string of the molecule is CC(=O)OCc1ccc(OCCOCCNC(=O)C(CS(=O)(=O)O)NC=O)cc1OC1CC(O)CC(C(=O)O)O1. The minimum atomic E-state index is -4.49. The molecule has 0 bridgehead atoms. The summed E-state index contributed by atoms with van der Waals surface area (Å²) in [6.07, 6.45) is -3.19. The molecule has 0 aromatic heterocycles. The highest BCUT2D eigenvalue weighted by Gasteiger charge is 2.34. The molecule has 40 heavy (non-hydrogen) atoms. The van der Waals surface area contributed by atoms with Crippen molar-refractivity contribution in [2.45, 2.75) is 50.9 Å². The zero-order chi connectivity index (χ0) is 29.7. The number of amides is 2. The smallest absolute Gasteiger partial charge is 0.333 e. The van der Waals surface area contributed by atoms with Crippen molar-refractivity contribution < 1.29 is 66.0 Å². The molecule has 16 nitrogen and oxygen atoms in total. The molecule has 1 aliphatic rings. The van der Waals surface area contributed by atoms with Gasteiger partial charge in [0.1, 0.15) is 36.5 Å². The van der Waals surface area contributed by atoms with Crippen LogP contribution in [0.15, 0.2) is 18.2 Å². The molecule has 1 fully saturated rings. The molecule has 2 rings (SSSR count). The maximum atomic E-state index is 12.0. The van der Waals surface area contributed by atoms with Gasteiger partial charge in [0.05, 0.1) is 19.3 Å². The van der Waals surface area contributed by atoms with Crippen molar-refractivity contribution in [2.75, 3.05) is 32.1 Å². The zero-order valence-corrected chi connectivity index (χ0v) is 22.3. The van der Waals surface area contributed by atoms with Gasteiger partial charge in [0.15, 0.2) is 6.10 Å². The maximum absolute atomic E-state index is 12.0. The van der Waals surface area contributed by atoms with Crippen LogP contribution in [-0.2, 0) is 50.1 Å². The zero-order valence-electron chi connectivity index (χ0n) is 21.5. The Morgan fingerprint density at radius 2 is 1.95 bits per heavy atom. The van der Waals surface area contributed by atoms with Crippen molar-refractivity contribution in [1.29, 1.82) is 0 Å². The van der Waals surface area contributed by atoms with Gasteiger partial charge in [0.2, 0.25) is 18.6 Å². The van der Waals surface area contributed by atoms with Gasteiger partial charge in [-0.3, -0.25) is 18.9 Å². The lowest BCUT2D eigenvalue weighted by molar-refractivity contribution is -0.195. The molecule has 0 saturated carbocycles. The van der Waals surface area contributed by atoms with Gasteiger partial charge in [-0.2, -0.15) is 8.42 Å². The average Bonchev–Trinajstić information content (AvgIpc) is 2.86. The Labute approximate surface area is 229 Å². The number of hydrogen-bond donors (Lipinski definition) is 5. The van der Waals surface area contributed by atoms with Gasteiger partial charge in [-0.05, 0) is 12.1 Å². The Kier molecular flexibility index (Phi) is 13.0. The summed E-state index contributed by atoms with van der Waals surface area (Å²) in [5.41, 5.74) is 0.446. The predicted molar refractivity (Wildman–Crippen MR) is 133 cm³/mol. The van der Waals surface area contributed by atoms with Crippen LogP contribution in [-0.4, -0.2) is 104 Å². The molecule has 2 amide bonds. The summed E-state index contributed by atoms with van der Waals surface area (Å²) in [7, 11) is -4.49. The van der Waals surface area contributed by atoms with Crippen LogP contribution in [0.25, 0.3) is 0 Å². The predicted octanol–water partition coefficient (Wildman–Crippen LogP) is -1.41. The summed E-state index contributed by atoms with van der Waals surface area (Å²) in [5.74, 6) is -3.05. The number of rotatable bonds is 17. The van der Waals surface area contributed by atoms with Crippen molar-refractivity contribution in [3.05, 3.63) is 23.8 Å². The molecular formula is C23H32N2O14S. The lowest BCUT2D eigenvalue weighted by Crippen LogP contribution is -2.48. The largest absolute Gasteiger partial charge is 0.491 e. The van der Waals surface area contributed by atoms with E-state index in [0.717, 1.165) is 0 Å². The van der Waals surface area contributed by atoms with Gasteiger partial charge in [-0.25, -0.2) is 4.79 Å². The molecule has 4 atom stereocenters. The number of carboxylic acids is 1. The fourth-order valence-corrected chi connectivity index (χ4v) is 4.12. The summed E-state index contributed by atoms with van der Waals surface area (Å²) in [6, 6.07) is 3.18. The first-order valence-electron chi connectivity index (χ1n) is 12.0. The molecule has 224 valence electrons. The normalized spacial score (nSPS) is 19.6. The molecule has 0 spiro atoms. The molecule has 5 N–H and O–H groups in total. The Bertz CT molecular complexity index is 1130. The average molecular weight is 593 g/mol. The number of aliphatic hydroxyl groups excluding tert-OH is 1. The molecular weight excluding hydrogens is 560 g/mol. The highest BCUT2D eigenvalue weighted by atomic mass is 32.2. The minimum Gasteiger partial charge on any atom is -0.491 e. The van der Waals surface area contributed by atoms with Crippen molar-refractivity contribution in [1.82, 2.24) is 10.6 Å². The molecule has 0 aliphatic carbocycles. The summed E-state index contributed by atoms with van der Waals surface area (Å²) < 4.78 is 58.0. The van der Waals surface area contributed by atoms with Crippen LogP contribution >= 0.6 is 0 Å². The minimum absolute atomic E-state index is 0.0191. The summed E-state index contributed by atoms with van der Waals surface area (Å²) >= 11 is 0. The number of carbonyl (C=O) groups excluding carboxylic acids is 3. The van der Waals surface area contributed by atoms with Gasteiger partial charge in [-0.1, -0.05) is 0 Å². The first-order valence-corrected chi connectivity index (χ1v) is 13.6. The van der Waals surface area contributed by atoms with E-state index in [1.807, 2.05) is 5.32 Å². The third kappa shape index (κ3) is 12.1. The van der Waals surface area contributed by atoms with E-state index in [0.29, 0.717) is 11.3 Å². The lowest BCUT2D eigenvalue weighted by atomic mass is 10.1. The number of esters is 1. The van der Waals surface area contributed by atoms with Gasteiger partial charge in [0, 0.05) is 37.9 Å². The van der Waals surface area contributed by atoms with Gasteiger partial charge in [-0.15, -0.1) is 0 Å². The Balaban J connectivity index is 1.87. The number of hydrogen-bond acceptors (Lipinski definition) is 12. The Hall–Kier alpha value is -3.51. The van der Waals surface area contributed by atoms with E-state index in [1.165, 1.54) is 13.0 Å². The summed E-state index contributed by atoms with van der Waals surface area (Å²) in [6.45, 7) is 1.26. The van der Waals surface area contributed by atoms with E-state index in [-0.39, 0.29) is 58.0 Å². The van der Waals surface area contributed by atoms with Crippen molar-refractivity contribution in [3.8, 4) is 11.5 Å². The van der Waals surface area contributed by atoms with E-state index in [1.54, 1.807) is 12.1 Å². The number of carboxylic acid groups (broad SMARTS) is 1. The number of carbonyl (C=O) groups is 4. The first kappa shape index (κ1) is 32.7. The summed E-state index contributed by atoms with van der Waals surface area (Å²) in [5, 5.41) is 23.6. The van der Waals surface area contributed by atoms with Gasteiger partial charge >= 0.3 is 11.9 Å². The third-order valence-electron chi connectivity index (χ3n) is 5.28. The number of benzene rings is 1. The van der Waals surface area contributed by atoms with Crippen molar-refractivity contribution in [2.24, 2.45) is 0 Å². The van der Waals surface area contributed by atoms with Gasteiger partial charge < -0.3 is 44.5 Å². The second-order valence-electron chi connectivity index (χ2n) is 8.52. The number of nitrogens with one attached hydrogen (secondary N) is 2. The molecule has 1 aromatic carbocycles. The number of aliphatic carboxylic acids is 1. The second kappa shape index (κ2) is 15.9. The van der Waals surface area contributed by atoms with Crippen molar-refractivity contribution >= 4 is 34.4 Å². The fraction of sp³-hybridized carbons (Fsp3) is 0.565. The standard InChI is InChI=1S/C23H32N2O14S/c1-14(27)37-11-15-2-3-17(10-19(15)38-21-9-16(28)8-20(39-21)23(30)31)36-7-6-35-5-4-24-22(29)18(25-13-26)12-40(32,33)34/h2-3,10,13,16,18,20-21,28H,4-9,11-12H2,1H3,(H,24,29)(H,25,26)(H,30,31)(H,32,33,34). The van der Waals surface area contributed by atoms with Crippen LogP contribution in [0.4, 0.5) is 0 Å². The van der Waals surface area contributed by atoms with Crippen LogP contribution in [0.3, 0.4) is 0 Å². The van der Waals surface area contributed by atoms with E-state index in [9.17, 15) is 37.8 Å². The van der Waals surface area contributed by atoms with E-state index in [2.05, 4.69) is 5.32 Å². The van der Waals surface area contributed by atoms with Gasteiger partial charge in [0.25, 0.3) is 10.1 Å². The Morgan fingerprint density at radius 1 is 1.20 bits per heavy atom. The highest BCUT2D eigenvalue weighted by molar-refractivity contribution is 7.85. The highest BCUT2D eigenvalue weighted by Crippen LogP contribution is 2.30. The van der Waals surface area contributed by atoms with E-state index in [4.69, 9.17) is 28.2 Å². The van der Waals surface area contributed by atoms with Crippen LogP contribution in [0.5, 0.6) is 11.5 Å². The third-order valence-corrected chi connectivity index (χ3v) is 6.03. The molecule has 1 aromatic rings. The van der Waals surface area contributed by atoms with E-state index >= 15 is 0 Å². The second-order valence-corrected chi connectivity index (χ2v) is 10.0. The number of ether oxygens (including phenoxy) is 5. The monoisotopic (exact) mass is 592 g/mol. The molecule has 1 aliphatic heterocycles. The Morgan fingerprint density at radius 3 is 2.60 bits per heavy atom. The topological polar surface area (TPSA) is 233 Å². The van der Waals surface area contributed by atoms with E-state index < -0.39 is 58.3 Å². The summed E-state index contributed by atoms with van der Waals surface area (Å²) in [4.78, 5) is 45.1. The molecule has 1 heterocycles. The maximum Gasteiger partial charge on any atom is 0.333 e. The molecule has 1 saturated heterocycles. The first-order chi connectivity index (χ1) is 18.9. The van der Waals surface area contributed by atoms with Crippen LogP contribution in [0, 0.1) is 0 Å². The molecule has 4 unspecified atom stereocenters. The molecule has 17 heteroatoms. The fourth-order valence-electron chi connectivity index (χ4n) is 3.45. The van der Waals surface area contributed by atoms with Crippen molar-refractivity contribution in [3.63, 3.8) is 0 Å². The van der Waals surface area contributed by atoms with Crippen LogP contribution in [0.2, 0.25) is 0 Å². The number of aliphatic hydroxyl groups is 1. The van der Waals surface area contributed by atoms with Crippen LogP contribution in [0.1, 0.15) is 25.3 Å².